The molecule has 6 nitrogen and oxygen atoms in total. The number of oxime groups is 1. The van der Waals surface area contributed by atoms with E-state index >= 15 is 0 Å². The molecule has 26 heavy (non-hydrogen) atoms. The maximum absolute atomic E-state index is 12.6. The van der Waals surface area contributed by atoms with E-state index < -0.39 is 11.0 Å². The fourth-order valence-electron chi connectivity index (χ4n) is 2.14. The number of amides is 1. The molecule has 0 aliphatic heterocycles. The summed E-state index contributed by atoms with van der Waals surface area (Å²) in [4.78, 5) is 21.8. The lowest BCUT2D eigenvalue weighted by molar-refractivity contribution is -0.125. The molecule has 0 spiro atoms. The summed E-state index contributed by atoms with van der Waals surface area (Å²) in [6.07, 6.45) is 5.13. The molecular formula is C18H22BrN3O3S. The van der Waals surface area contributed by atoms with Gasteiger partial charge in [0.2, 0.25) is 5.44 Å². The first-order valence-corrected chi connectivity index (χ1v) is 10.2. The molecule has 1 heterocycles. The molecule has 1 unspecified atom stereocenters. The number of thioether (sulfide) groups is 1. The summed E-state index contributed by atoms with van der Waals surface area (Å²) in [5.41, 5.74) is -0.479. The first kappa shape index (κ1) is 20.5. The van der Waals surface area contributed by atoms with Crippen molar-refractivity contribution >= 4 is 50.7 Å². The van der Waals surface area contributed by atoms with E-state index in [0.717, 1.165) is 15.4 Å². The number of hydrogen-bond donors (Lipinski definition) is 1. The van der Waals surface area contributed by atoms with Crippen molar-refractivity contribution in [3.8, 4) is 5.75 Å². The number of hydrogen-bond acceptors (Lipinski definition) is 6. The summed E-state index contributed by atoms with van der Waals surface area (Å²) < 4.78 is 6.76. The Kier molecular flexibility index (Phi) is 7.28. The van der Waals surface area contributed by atoms with Crippen molar-refractivity contribution in [2.75, 3.05) is 12.9 Å². The van der Waals surface area contributed by atoms with Gasteiger partial charge in [0.15, 0.2) is 0 Å². The van der Waals surface area contributed by atoms with E-state index in [1.165, 1.54) is 11.8 Å². The third-order valence-electron chi connectivity index (χ3n) is 3.32. The topological polar surface area (TPSA) is 72.8 Å². The number of benzene rings is 1. The Labute approximate surface area is 165 Å². The van der Waals surface area contributed by atoms with Crippen molar-refractivity contribution in [1.29, 1.82) is 0 Å². The maximum atomic E-state index is 12.6. The van der Waals surface area contributed by atoms with Gasteiger partial charge >= 0.3 is 0 Å². The monoisotopic (exact) mass is 439 g/mol. The van der Waals surface area contributed by atoms with E-state index in [1.807, 2.05) is 45.2 Å². The number of fused-ring (bicyclic) bond motifs is 1. The van der Waals surface area contributed by atoms with Crippen LogP contribution in [0.15, 0.2) is 40.1 Å². The Balaban J connectivity index is 2.09. The molecule has 1 atom stereocenters. The number of nitrogens with zero attached hydrogens (tertiary/aromatic N) is 2. The van der Waals surface area contributed by atoms with Crippen molar-refractivity contribution in [3.63, 3.8) is 0 Å². The van der Waals surface area contributed by atoms with Gasteiger partial charge in [0, 0.05) is 16.1 Å². The highest BCUT2D eigenvalue weighted by Crippen LogP contribution is 2.24. The first-order chi connectivity index (χ1) is 12.3. The molecule has 0 fully saturated rings. The van der Waals surface area contributed by atoms with Gasteiger partial charge in [0.25, 0.3) is 5.91 Å². The Bertz CT molecular complexity index is 798. The molecule has 1 aromatic heterocycles. The standard InChI is InChI=1S/C18H22BrN3O3S/c1-5-24-21-11-18(2,3)22-16(23)17(26-4)25-14-6-7-15-12(9-14)8-13(19)10-20-15/h6-11,17H,5H2,1-4H3,(H,22,23). The van der Waals surface area contributed by atoms with Crippen LogP contribution in [-0.2, 0) is 9.63 Å². The van der Waals surface area contributed by atoms with Crippen molar-refractivity contribution in [2.24, 2.45) is 5.16 Å². The van der Waals surface area contributed by atoms with Crippen LogP contribution in [0.4, 0.5) is 0 Å². The second-order valence-corrected chi connectivity index (χ2v) is 7.87. The quantitative estimate of drug-likeness (QED) is 0.382. The van der Waals surface area contributed by atoms with Gasteiger partial charge in [-0.25, -0.2) is 0 Å². The van der Waals surface area contributed by atoms with E-state index in [0.29, 0.717) is 12.4 Å². The largest absolute Gasteiger partial charge is 0.470 e. The molecule has 0 aliphatic rings. The van der Waals surface area contributed by atoms with Crippen LogP contribution in [0.2, 0.25) is 0 Å². The van der Waals surface area contributed by atoms with Gasteiger partial charge in [0.05, 0.1) is 17.3 Å². The number of carbonyl (C=O) groups is 1. The molecule has 0 saturated heterocycles. The lowest BCUT2D eigenvalue weighted by Gasteiger charge is -2.24. The van der Waals surface area contributed by atoms with Gasteiger partial charge in [-0.3, -0.25) is 9.78 Å². The van der Waals surface area contributed by atoms with Crippen LogP contribution in [0, 0.1) is 0 Å². The van der Waals surface area contributed by atoms with Crippen LogP contribution in [0.3, 0.4) is 0 Å². The highest BCUT2D eigenvalue weighted by molar-refractivity contribution is 9.10. The average Bonchev–Trinajstić information content (AvgIpc) is 2.58. The number of carbonyl (C=O) groups excluding carboxylic acids is 1. The van der Waals surface area contributed by atoms with Gasteiger partial charge in [-0.15, -0.1) is 11.8 Å². The minimum absolute atomic E-state index is 0.238. The third-order valence-corrected chi connectivity index (χ3v) is 4.49. The number of halogens is 1. The second-order valence-electron chi connectivity index (χ2n) is 6.06. The van der Waals surface area contributed by atoms with Gasteiger partial charge in [-0.05, 0) is 67.2 Å². The summed E-state index contributed by atoms with van der Waals surface area (Å²) in [5, 5.41) is 7.66. The van der Waals surface area contributed by atoms with Crippen molar-refractivity contribution < 1.29 is 14.4 Å². The predicted octanol–water partition coefficient (Wildman–Crippen LogP) is 3.98. The van der Waals surface area contributed by atoms with E-state index in [1.54, 1.807) is 18.5 Å². The van der Waals surface area contributed by atoms with Gasteiger partial charge in [-0.2, -0.15) is 0 Å². The Hall–Kier alpha value is -1.80. The maximum Gasteiger partial charge on any atom is 0.272 e. The molecule has 0 aliphatic carbocycles. The van der Waals surface area contributed by atoms with Crippen LogP contribution < -0.4 is 10.1 Å². The molecular weight excluding hydrogens is 418 g/mol. The molecule has 2 aromatic rings. The minimum Gasteiger partial charge on any atom is -0.470 e. The molecule has 1 N–H and O–H groups in total. The van der Waals surface area contributed by atoms with Crippen LogP contribution in [0.1, 0.15) is 20.8 Å². The van der Waals surface area contributed by atoms with Crippen LogP contribution in [0.5, 0.6) is 5.75 Å². The summed E-state index contributed by atoms with van der Waals surface area (Å²) in [6, 6.07) is 7.49. The molecule has 2 rings (SSSR count). The van der Waals surface area contributed by atoms with E-state index in [-0.39, 0.29) is 5.91 Å². The van der Waals surface area contributed by atoms with Crippen molar-refractivity contribution in [2.45, 2.75) is 31.7 Å². The Morgan fingerprint density at radius 3 is 2.92 bits per heavy atom. The normalized spacial score (nSPS) is 13.0. The second kappa shape index (κ2) is 9.23. The summed E-state index contributed by atoms with van der Waals surface area (Å²) in [5.74, 6) is 0.366. The fraction of sp³-hybridized carbons (Fsp3) is 0.389. The minimum atomic E-state index is -0.688. The Morgan fingerprint density at radius 1 is 1.46 bits per heavy atom. The van der Waals surface area contributed by atoms with E-state index in [9.17, 15) is 4.79 Å². The summed E-state index contributed by atoms with van der Waals surface area (Å²) in [7, 11) is 0. The van der Waals surface area contributed by atoms with E-state index in [4.69, 9.17) is 9.57 Å². The lowest BCUT2D eigenvalue weighted by atomic mass is 10.1. The first-order valence-electron chi connectivity index (χ1n) is 8.08. The van der Waals surface area contributed by atoms with Gasteiger partial charge < -0.3 is 14.9 Å². The van der Waals surface area contributed by atoms with Crippen molar-refractivity contribution in [3.05, 3.63) is 34.9 Å². The highest BCUT2D eigenvalue weighted by Gasteiger charge is 2.26. The van der Waals surface area contributed by atoms with Gasteiger partial charge in [-0.1, -0.05) is 5.16 Å². The molecule has 0 saturated carbocycles. The van der Waals surface area contributed by atoms with E-state index in [2.05, 4.69) is 31.4 Å². The number of rotatable bonds is 8. The molecule has 0 radical (unpaired) electrons. The summed E-state index contributed by atoms with van der Waals surface area (Å²) in [6.45, 7) is 6.00. The number of nitrogens with one attached hydrogen (secondary N) is 1. The summed E-state index contributed by atoms with van der Waals surface area (Å²) >= 11 is 4.72. The molecule has 0 bridgehead atoms. The zero-order valence-electron chi connectivity index (χ0n) is 15.2. The van der Waals surface area contributed by atoms with Crippen LogP contribution in [-0.4, -0.2) is 40.9 Å². The number of ether oxygens (including phenoxy) is 1. The van der Waals surface area contributed by atoms with Gasteiger partial charge in [0.1, 0.15) is 12.4 Å². The molecule has 140 valence electrons. The highest BCUT2D eigenvalue weighted by atomic mass is 79.9. The fourth-order valence-corrected chi connectivity index (χ4v) is 2.97. The third kappa shape index (κ3) is 5.88. The molecule has 1 amide bonds. The SMILES string of the molecule is CCON=CC(C)(C)NC(=O)C(Oc1ccc2ncc(Br)cc2c1)SC. The van der Waals surface area contributed by atoms with Crippen molar-refractivity contribution in [1.82, 2.24) is 10.3 Å². The lowest BCUT2D eigenvalue weighted by Crippen LogP contribution is -2.49. The zero-order chi connectivity index (χ0) is 19.2. The number of aromatic nitrogens is 1. The smallest absolute Gasteiger partial charge is 0.272 e. The number of pyridine rings is 1. The zero-order valence-corrected chi connectivity index (χ0v) is 17.6. The van der Waals surface area contributed by atoms with Crippen LogP contribution in [0.25, 0.3) is 10.9 Å². The molecule has 8 heteroatoms. The molecule has 1 aromatic carbocycles. The average molecular weight is 440 g/mol. The Morgan fingerprint density at radius 2 is 2.23 bits per heavy atom. The van der Waals surface area contributed by atoms with Crippen LogP contribution >= 0.6 is 27.7 Å². The predicted molar refractivity (Wildman–Crippen MR) is 110 cm³/mol.